The van der Waals surface area contributed by atoms with Crippen molar-refractivity contribution in [3.05, 3.63) is 0 Å². The normalized spacial score (nSPS) is 36.2. The van der Waals surface area contributed by atoms with Crippen LogP contribution in [-0.2, 0) is 9.47 Å². The highest BCUT2D eigenvalue weighted by atomic mass is 16.5. The van der Waals surface area contributed by atoms with Crippen molar-refractivity contribution in [1.82, 2.24) is 5.32 Å². The molecule has 0 aromatic rings. The van der Waals surface area contributed by atoms with Crippen LogP contribution < -0.4 is 5.32 Å². The van der Waals surface area contributed by atoms with E-state index in [2.05, 4.69) is 12.2 Å². The Morgan fingerprint density at radius 3 is 2.87 bits per heavy atom. The SMILES string of the molecule is CCC1OCCC1CNCC1CCOC1. The van der Waals surface area contributed by atoms with E-state index < -0.39 is 0 Å². The summed E-state index contributed by atoms with van der Waals surface area (Å²) >= 11 is 0. The lowest BCUT2D eigenvalue weighted by Crippen LogP contribution is -2.31. The summed E-state index contributed by atoms with van der Waals surface area (Å²) < 4.78 is 11.0. The van der Waals surface area contributed by atoms with Gasteiger partial charge in [-0.05, 0) is 31.1 Å². The van der Waals surface area contributed by atoms with E-state index in [1.807, 2.05) is 0 Å². The quantitative estimate of drug-likeness (QED) is 0.749. The van der Waals surface area contributed by atoms with Crippen LogP contribution in [0.4, 0.5) is 0 Å². The lowest BCUT2D eigenvalue weighted by atomic mass is 9.99. The minimum Gasteiger partial charge on any atom is -0.381 e. The molecule has 2 fully saturated rings. The number of ether oxygens (including phenoxy) is 2. The molecule has 15 heavy (non-hydrogen) atoms. The molecule has 0 saturated carbocycles. The molecule has 0 spiro atoms. The molecule has 0 aromatic carbocycles. The second kappa shape index (κ2) is 5.83. The first-order valence-corrected chi connectivity index (χ1v) is 6.30. The van der Waals surface area contributed by atoms with Crippen molar-refractivity contribution < 1.29 is 9.47 Å². The fourth-order valence-corrected chi connectivity index (χ4v) is 2.59. The van der Waals surface area contributed by atoms with Gasteiger partial charge in [-0.1, -0.05) is 6.92 Å². The van der Waals surface area contributed by atoms with Crippen LogP contribution >= 0.6 is 0 Å². The average molecular weight is 213 g/mol. The first-order chi connectivity index (χ1) is 7.40. The van der Waals surface area contributed by atoms with E-state index >= 15 is 0 Å². The van der Waals surface area contributed by atoms with E-state index in [0.29, 0.717) is 6.10 Å². The third kappa shape index (κ3) is 3.16. The summed E-state index contributed by atoms with van der Waals surface area (Å²) in [7, 11) is 0. The molecule has 1 N–H and O–H groups in total. The summed E-state index contributed by atoms with van der Waals surface area (Å²) in [5, 5.41) is 3.57. The third-order valence-electron chi connectivity index (χ3n) is 3.61. The van der Waals surface area contributed by atoms with Gasteiger partial charge in [-0.25, -0.2) is 0 Å². The number of hydrogen-bond acceptors (Lipinski definition) is 3. The molecule has 2 rings (SSSR count). The van der Waals surface area contributed by atoms with Gasteiger partial charge >= 0.3 is 0 Å². The first kappa shape index (κ1) is 11.4. The van der Waals surface area contributed by atoms with Crippen molar-refractivity contribution in [3.8, 4) is 0 Å². The molecule has 2 aliphatic heterocycles. The van der Waals surface area contributed by atoms with Crippen LogP contribution in [0.1, 0.15) is 26.2 Å². The summed E-state index contributed by atoms with van der Waals surface area (Å²) in [5.74, 6) is 1.48. The van der Waals surface area contributed by atoms with Crippen molar-refractivity contribution >= 4 is 0 Å². The number of hydrogen-bond donors (Lipinski definition) is 1. The van der Waals surface area contributed by atoms with Gasteiger partial charge in [0, 0.05) is 26.3 Å². The van der Waals surface area contributed by atoms with Crippen molar-refractivity contribution in [3.63, 3.8) is 0 Å². The molecule has 2 saturated heterocycles. The Morgan fingerprint density at radius 2 is 2.13 bits per heavy atom. The smallest absolute Gasteiger partial charge is 0.0613 e. The zero-order valence-electron chi connectivity index (χ0n) is 9.71. The molecule has 3 nitrogen and oxygen atoms in total. The second-order valence-electron chi connectivity index (χ2n) is 4.75. The van der Waals surface area contributed by atoms with Gasteiger partial charge in [0.2, 0.25) is 0 Å². The van der Waals surface area contributed by atoms with Crippen LogP contribution in [0.25, 0.3) is 0 Å². The minimum absolute atomic E-state index is 0.498. The van der Waals surface area contributed by atoms with Gasteiger partial charge in [0.05, 0.1) is 12.7 Å². The van der Waals surface area contributed by atoms with Crippen LogP contribution in [0.2, 0.25) is 0 Å². The van der Waals surface area contributed by atoms with E-state index in [1.54, 1.807) is 0 Å². The van der Waals surface area contributed by atoms with Crippen molar-refractivity contribution in [2.75, 3.05) is 32.9 Å². The van der Waals surface area contributed by atoms with Crippen molar-refractivity contribution in [2.45, 2.75) is 32.3 Å². The first-order valence-electron chi connectivity index (χ1n) is 6.30. The third-order valence-corrected chi connectivity index (χ3v) is 3.61. The summed E-state index contributed by atoms with van der Waals surface area (Å²) in [6, 6.07) is 0. The molecule has 3 unspecified atom stereocenters. The lowest BCUT2D eigenvalue weighted by Gasteiger charge is -2.18. The molecular weight excluding hydrogens is 190 g/mol. The Labute approximate surface area is 92.5 Å². The van der Waals surface area contributed by atoms with Crippen LogP contribution in [0.3, 0.4) is 0 Å². The Hall–Kier alpha value is -0.120. The second-order valence-corrected chi connectivity index (χ2v) is 4.75. The minimum atomic E-state index is 0.498. The van der Waals surface area contributed by atoms with E-state index in [9.17, 15) is 0 Å². The molecule has 0 aromatic heterocycles. The van der Waals surface area contributed by atoms with E-state index in [4.69, 9.17) is 9.47 Å². The van der Waals surface area contributed by atoms with E-state index in [0.717, 1.165) is 51.2 Å². The van der Waals surface area contributed by atoms with Gasteiger partial charge in [-0.2, -0.15) is 0 Å². The van der Waals surface area contributed by atoms with Crippen molar-refractivity contribution in [2.24, 2.45) is 11.8 Å². The maximum absolute atomic E-state index is 5.67. The summed E-state index contributed by atoms with van der Waals surface area (Å²) in [5.41, 5.74) is 0. The van der Waals surface area contributed by atoms with Crippen LogP contribution in [0, 0.1) is 11.8 Å². The number of nitrogens with one attached hydrogen (secondary N) is 1. The summed E-state index contributed by atoms with van der Waals surface area (Å²) in [6.07, 6.45) is 4.11. The van der Waals surface area contributed by atoms with Gasteiger partial charge in [0.15, 0.2) is 0 Å². The van der Waals surface area contributed by atoms with Gasteiger partial charge in [0.1, 0.15) is 0 Å². The summed E-state index contributed by atoms with van der Waals surface area (Å²) in [6.45, 7) is 7.31. The van der Waals surface area contributed by atoms with Gasteiger partial charge in [-0.15, -0.1) is 0 Å². The Kier molecular flexibility index (Phi) is 4.42. The van der Waals surface area contributed by atoms with Gasteiger partial charge in [0.25, 0.3) is 0 Å². The van der Waals surface area contributed by atoms with Gasteiger partial charge < -0.3 is 14.8 Å². The highest BCUT2D eigenvalue weighted by Gasteiger charge is 2.26. The molecule has 0 amide bonds. The van der Waals surface area contributed by atoms with Crippen LogP contribution in [0.15, 0.2) is 0 Å². The van der Waals surface area contributed by atoms with Crippen LogP contribution in [-0.4, -0.2) is 39.0 Å². The van der Waals surface area contributed by atoms with Gasteiger partial charge in [-0.3, -0.25) is 0 Å². The highest BCUT2D eigenvalue weighted by molar-refractivity contribution is 4.78. The maximum Gasteiger partial charge on any atom is 0.0613 e. The molecule has 0 bridgehead atoms. The van der Waals surface area contributed by atoms with E-state index in [-0.39, 0.29) is 0 Å². The molecule has 3 heteroatoms. The largest absolute Gasteiger partial charge is 0.381 e. The average Bonchev–Trinajstić information content (AvgIpc) is 2.88. The standard InChI is InChI=1S/C12H23NO2/c1-2-12-11(4-6-15-12)8-13-7-10-3-5-14-9-10/h10-13H,2-9H2,1H3. The Bertz CT molecular complexity index is 180. The highest BCUT2D eigenvalue weighted by Crippen LogP contribution is 2.22. The summed E-state index contributed by atoms with van der Waals surface area (Å²) in [4.78, 5) is 0. The predicted molar refractivity (Wildman–Crippen MR) is 59.9 cm³/mol. The fourth-order valence-electron chi connectivity index (χ4n) is 2.59. The fraction of sp³-hybridized carbons (Fsp3) is 1.00. The van der Waals surface area contributed by atoms with E-state index in [1.165, 1.54) is 12.8 Å². The Balaban J connectivity index is 1.60. The molecule has 88 valence electrons. The predicted octanol–water partition coefficient (Wildman–Crippen LogP) is 1.43. The number of rotatable bonds is 5. The van der Waals surface area contributed by atoms with Crippen molar-refractivity contribution in [1.29, 1.82) is 0 Å². The molecule has 2 heterocycles. The molecule has 3 atom stereocenters. The zero-order chi connectivity index (χ0) is 10.5. The zero-order valence-corrected chi connectivity index (χ0v) is 9.71. The monoisotopic (exact) mass is 213 g/mol. The Morgan fingerprint density at radius 1 is 1.20 bits per heavy atom. The lowest BCUT2D eigenvalue weighted by molar-refractivity contribution is 0.0870. The molecule has 0 aliphatic carbocycles. The maximum atomic E-state index is 5.67. The topological polar surface area (TPSA) is 30.5 Å². The molecule has 2 aliphatic rings. The molecule has 0 radical (unpaired) electrons. The van der Waals surface area contributed by atoms with Crippen LogP contribution in [0.5, 0.6) is 0 Å². The molecular formula is C12H23NO2.